The molecule has 17 heavy (non-hydrogen) atoms. The predicted octanol–water partition coefficient (Wildman–Crippen LogP) is 4.38. The van der Waals surface area contributed by atoms with Gasteiger partial charge in [0.1, 0.15) is 0 Å². The molecule has 0 spiro atoms. The van der Waals surface area contributed by atoms with Gasteiger partial charge in [-0.15, -0.1) is 0 Å². The third-order valence-corrected chi connectivity index (χ3v) is 3.04. The van der Waals surface area contributed by atoms with Gasteiger partial charge in [0.15, 0.2) is 0 Å². The van der Waals surface area contributed by atoms with Gasteiger partial charge in [0.2, 0.25) is 0 Å². The minimum Gasteiger partial charge on any atom is -0.316 e. The standard InChI is InChI=1S/C14H13Cl2N/c1-17-9-11-5-6-13(16)8-14(11)10-3-2-4-12(15)7-10/h2-8,17H,9H2,1H3. The zero-order chi connectivity index (χ0) is 12.3. The lowest BCUT2D eigenvalue weighted by molar-refractivity contribution is 0.819. The van der Waals surface area contributed by atoms with Gasteiger partial charge < -0.3 is 5.32 Å². The van der Waals surface area contributed by atoms with Crippen molar-refractivity contribution in [2.45, 2.75) is 6.54 Å². The van der Waals surface area contributed by atoms with Gasteiger partial charge in [-0.05, 0) is 48.0 Å². The molecule has 0 aliphatic carbocycles. The summed E-state index contributed by atoms with van der Waals surface area (Å²) in [7, 11) is 1.93. The van der Waals surface area contributed by atoms with Gasteiger partial charge in [0.05, 0.1) is 0 Å². The largest absolute Gasteiger partial charge is 0.316 e. The Labute approximate surface area is 111 Å². The van der Waals surface area contributed by atoms with E-state index < -0.39 is 0 Å². The van der Waals surface area contributed by atoms with E-state index in [9.17, 15) is 0 Å². The lowest BCUT2D eigenvalue weighted by Gasteiger charge is -2.10. The molecule has 0 atom stereocenters. The molecule has 0 saturated carbocycles. The molecule has 2 aromatic carbocycles. The van der Waals surface area contributed by atoms with E-state index in [0.717, 1.165) is 27.7 Å². The van der Waals surface area contributed by atoms with E-state index in [2.05, 4.69) is 5.32 Å². The molecule has 0 saturated heterocycles. The molecule has 0 radical (unpaired) electrons. The van der Waals surface area contributed by atoms with Gasteiger partial charge in [-0.3, -0.25) is 0 Å². The van der Waals surface area contributed by atoms with Crippen LogP contribution in [0.3, 0.4) is 0 Å². The van der Waals surface area contributed by atoms with Crippen molar-refractivity contribution in [2.75, 3.05) is 7.05 Å². The zero-order valence-corrected chi connectivity index (χ0v) is 11.0. The number of rotatable bonds is 3. The number of hydrogen-bond donors (Lipinski definition) is 1. The minimum absolute atomic E-state index is 0.734. The first kappa shape index (κ1) is 12.4. The van der Waals surface area contributed by atoms with Crippen LogP contribution in [0.2, 0.25) is 10.0 Å². The van der Waals surface area contributed by atoms with Gasteiger partial charge in [0, 0.05) is 16.6 Å². The molecule has 0 unspecified atom stereocenters. The summed E-state index contributed by atoms with van der Waals surface area (Å²) in [6.07, 6.45) is 0. The Hall–Kier alpha value is -1.02. The molecule has 0 bridgehead atoms. The third kappa shape index (κ3) is 3.01. The fourth-order valence-corrected chi connectivity index (χ4v) is 2.18. The van der Waals surface area contributed by atoms with Crippen LogP contribution in [-0.4, -0.2) is 7.05 Å². The van der Waals surface area contributed by atoms with Gasteiger partial charge in [-0.25, -0.2) is 0 Å². The summed E-state index contributed by atoms with van der Waals surface area (Å²) in [6.45, 7) is 0.805. The Morgan fingerprint density at radius 1 is 1.00 bits per heavy atom. The highest BCUT2D eigenvalue weighted by Gasteiger charge is 2.06. The smallest absolute Gasteiger partial charge is 0.0412 e. The van der Waals surface area contributed by atoms with E-state index in [4.69, 9.17) is 23.2 Å². The summed E-state index contributed by atoms with van der Waals surface area (Å²) in [5.74, 6) is 0. The second-order valence-corrected chi connectivity index (χ2v) is 4.72. The normalized spacial score (nSPS) is 10.5. The lowest BCUT2D eigenvalue weighted by atomic mass is 10.00. The Balaban J connectivity index is 2.52. The van der Waals surface area contributed by atoms with Gasteiger partial charge in [0.25, 0.3) is 0 Å². The van der Waals surface area contributed by atoms with Gasteiger partial charge >= 0.3 is 0 Å². The second kappa shape index (κ2) is 5.54. The van der Waals surface area contributed by atoms with Crippen molar-refractivity contribution >= 4 is 23.2 Å². The topological polar surface area (TPSA) is 12.0 Å². The molecule has 3 heteroatoms. The van der Waals surface area contributed by atoms with Crippen molar-refractivity contribution in [3.63, 3.8) is 0 Å². The summed E-state index contributed by atoms with van der Waals surface area (Å²) in [4.78, 5) is 0. The maximum atomic E-state index is 6.05. The van der Waals surface area contributed by atoms with Crippen LogP contribution in [0.15, 0.2) is 42.5 Å². The molecule has 0 heterocycles. The quantitative estimate of drug-likeness (QED) is 0.869. The summed E-state index contributed by atoms with van der Waals surface area (Å²) >= 11 is 12.1. The van der Waals surface area contributed by atoms with E-state index in [0.29, 0.717) is 0 Å². The molecule has 88 valence electrons. The molecule has 0 amide bonds. The Bertz CT molecular complexity index is 523. The molecule has 0 aromatic heterocycles. The van der Waals surface area contributed by atoms with Crippen molar-refractivity contribution in [3.05, 3.63) is 58.1 Å². The molecule has 0 aliphatic rings. The second-order valence-electron chi connectivity index (χ2n) is 3.84. The van der Waals surface area contributed by atoms with Crippen LogP contribution in [0.25, 0.3) is 11.1 Å². The molecule has 1 nitrogen and oxygen atoms in total. The van der Waals surface area contributed by atoms with Crippen LogP contribution in [0.5, 0.6) is 0 Å². The maximum absolute atomic E-state index is 6.05. The van der Waals surface area contributed by atoms with Crippen LogP contribution < -0.4 is 5.32 Å². The molecular weight excluding hydrogens is 253 g/mol. The number of benzene rings is 2. The van der Waals surface area contributed by atoms with E-state index >= 15 is 0 Å². The first-order valence-corrected chi connectivity index (χ1v) is 6.15. The highest BCUT2D eigenvalue weighted by atomic mass is 35.5. The van der Waals surface area contributed by atoms with Crippen LogP contribution in [0.4, 0.5) is 0 Å². The molecular formula is C14H13Cl2N. The van der Waals surface area contributed by atoms with Crippen molar-refractivity contribution in [2.24, 2.45) is 0 Å². The maximum Gasteiger partial charge on any atom is 0.0412 e. The molecule has 0 aliphatic heterocycles. The monoisotopic (exact) mass is 265 g/mol. The fraction of sp³-hybridized carbons (Fsp3) is 0.143. The predicted molar refractivity (Wildman–Crippen MR) is 74.7 cm³/mol. The average Bonchev–Trinajstić information content (AvgIpc) is 2.32. The van der Waals surface area contributed by atoms with E-state index in [1.807, 2.05) is 49.5 Å². The van der Waals surface area contributed by atoms with Crippen molar-refractivity contribution < 1.29 is 0 Å². The van der Waals surface area contributed by atoms with Crippen LogP contribution in [-0.2, 0) is 6.54 Å². The summed E-state index contributed by atoms with van der Waals surface area (Å²) < 4.78 is 0. The average molecular weight is 266 g/mol. The minimum atomic E-state index is 0.734. The van der Waals surface area contributed by atoms with Crippen molar-refractivity contribution in [1.29, 1.82) is 0 Å². The highest BCUT2D eigenvalue weighted by molar-refractivity contribution is 6.31. The molecule has 1 N–H and O–H groups in total. The first-order chi connectivity index (χ1) is 8.20. The summed E-state index contributed by atoms with van der Waals surface area (Å²) in [5, 5.41) is 4.62. The first-order valence-electron chi connectivity index (χ1n) is 5.39. The van der Waals surface area contributed by atoms with E-state index in [1.54, 1.807) is 0 Å². The van der Waals surface area contributed by atoms with E-state index in [-0.39, 0.29) is 0 Å². The summed E-state index contributed by atoms with van der Waals surface area (Å²) in [5.41, 5.74) is 3.42. The Kier molecular flexibility index (Phi) is 4.06. The fourth-order valence-electron chi connectivity index (χ4n) is 1.82. The molecule has 2 rings (SSSR count). The van der Waals surface area contributed by atoms with Gasteiger partial charge in [-0.2, -0.15) is 0 Å². The van der Waals surface area contributed by atoms with Crippen LogP contribution >= 0.6 is 23.2 Å². The highest BCUT2D eigenvalue weighted by Crippen LogP contribution is 2.28. The number of halogens is 2. The molecule has 0 fully saturated rings. The third-order valence-electron chi connectivity index (χ3n) is 2.57. The van der Waals surface area contributed by atoms with Gasteiger partial charge in [-0.1, -0.05) is 41.4 Å². The zero-order valence-electron chi connectivity index (χ0n) is 9.50. The summed E-state index contributed by atoms with van der Waals surface area (Å²) in [6, 6.07) is 13.7. The van der Waals surface area contributed by atoms with Crippen LogP contribution in [0.1, 0.15) is 5.56 Å². The van der Waals surface area contributed by atoms with E-state index in [1.165, 1.54) is 5.56 Å². The molecule has 2 aromatic rings. The SMILES string of the molecule is CNCc1ccc(Cl)cc1-c1cccc(Cl)c1. The Morgan fingerprint density at radius 3 is 2.47 bits per heavy atom. The van der Waals surface area contributed by atoms with Crippen molar-refractivity contribution in [1.82, 2.24) is 5.32 Å². The van der Waals surface area contributed by atoms with Crippen LogP contribution in [0, 0.1) is 0 Å². The van der Waals surface area contributed by atoms with Crippen molar-refractivity contribution in [3.8, 4) is 11.1 Å². The lowest BCUT2D eigenvalue weighted by Crippen LogP contribution is -2.06. The number of nitrogens with one attached hydrogen (secondary N) is 1. The number of hydrogen-bond acceptors (Lipinski definition) is 1. The Morgan fingerprint density at radius 2 is 1.76 bits per heavy atom.